The van der Waals surface area contributed by atoms with Crippen LogP contribution in [0.3, 0.4) is 0 Å². The molecule has 0 aliphatic rings. The molecule has 2 rings (SSSR count). The van der Waals surface area contributed by atoms with Gasteiger partial charge in [-0.15, -0.1) is 0 Å². The summed E-state index contributed by atoms with van der Waals surface area (Å²) < 4.78 is 6.74. The number of nitrogens with zero attached hydrogens (tertiary/aromatic N) is 1. The van der Waals surface area contributed by atoms with Gasteiger partial charge >= 0.3 is 5.69 Å². The summed E-state index contributed by atoms with van der Waals surface area (Å²) in [5, 5.41) is 0. The lowest BCUT2D eigenvalue weighted by Crippen LogP contribution is -2.11. The van der Waals surface area contributed by atoms with E-state index in [2.05, 4.69) is 19.9 Å². The summed E-state index contributed by atoms with van der Waals surface area (Å²) in [6.07, 6.45) is 0. The van der Waals surface area contributed by atoms with Crippen molar-refractivity contribution in [1.29, 1.82) is 0 Å². The van der Waals surface area contributed by atoms with Gasteiger partial charge in [-0.3, -0.25) is 19.7 Å². The quantitative estimate of drug-likeness (QED) is 0.415. The Labute approximate surface area is 66.1 Å². The molecule has 0 aliphatic carbocycles. The van der Waals surface area contributed by atoms with Crippen molar-refractivity contribution in [2.24, 2.45) is 0 Å². The van der Waals surface area contributed by atoms with Gasteiger partial charge in [0, 0.05) is 0 Å². The molecule has 0 aliphatic heterocycles. The second kappa shape index (κ2) is 1.97. The van der Waals surface area contributed by atoms with E-state index in [9.17, 15) is 9.59 Å². The average Bonchev–Trinajstić information content (AvgIpc) is 2.46. The molecule has 62 valence electrons. The van der Waals surface area contributed by atoms with Gasteiger partial charge in [0.2, 0.25) is 5.95 Å². The molecule has 5 N–H and O–H groups in total. The Morgan fingerprint density at radius 1 is 1.33 bits per heavy atom. The summed E-state index contributed by atoms with van der Waals surface area (Å²) in [6, 6.07) is 0. The van der Waals surface area contributed by atoms with Crippen LogP contribution < -0.4 is 17.0 Å². The summed E-state index contributed by atoms with van der Waals surface area (Å²) >= 11 is 0. The van der Waals surface area contributed by atoms with Crippen LogP contribution in [0.25, 0.3) is 11.2 Å². The number of nitrogen functional groups attached to an aromatic ring is 1. The Balaban J connectivity index is 2.91. The van der Waals surface area contributed by atoms with Gasteiger partial charge in [-0.2, -0.15) is 4.98 Å². The molecule has 0 saturated carbocycles. The highest BCUT2D eigenvalue weighted by Crippen LogP contribution is 1.96. The smallest absolute Gasteiger partial charge is 0.325 e. The number of imidazole rings is 1. The number of aromatic nitrogens is 4. The lowest BCUT2D eigenvalue weighted by atomic mass is 10.5. The highest BCUT2D eigenvalue weighted by molar-refractivity contribution is 5.69. The topological polar surface area (TPSA) is 120 Å². The van der Waals surface area contributed by atoms with Crippen molar-refractivity contribution in [3.63, 3.8) is 0 Å². The number of H-pyrrole nitrogens is 3. The molecular weight excluding hydrogens is 162 g/mol. The van der Waals surface area contributed by atoms with Crippen molar-refractivity contribution in [3.8, 4) is 0 Å². The van der Waals surface area contributed by atoms with Crippen LogP contribution in [0.15, 0.2) is 9.59 Å². The number of fused-ring (bicyclic) bond motifs is 1. The molecule has 0 saturated heterocycles. The van der Waals surface area contributed by atoms with Crippen LogP contribution in [-0.2, 0) is 0 Å². The van der Waals surface area contributed by atoms with Gasteiger partial charge in [0.1, 0.15) is 0 Å². The summed E-state index contributed by atoms with van der Waals surface area (Å²) in [5.41, 5.74) is 1.11. The number of aromatic amines is 3. The van der Waals surface area contributed by atoms with E-state index >= 15 is 0 Å². The predicted molar refractivity (Wildman–Crippen MR) is 41.7 cm³/mol. The first-order valence-electron chi connectivity index (χ1n) is 3.61. The first-order valence-corrected chi connectivity index (χ1v) is 3.11. The van der Waals surface area contributed by atoms with E-state index < -0.39 is 11.2 Å². The van der Waals surface area contributed by atoms with Crippen LogP contribution in [0, 0.1) is 0 Å². The summed E-state index contributed by atoms with van der Waals surface area (Å²) in [4.78, 5) is 32.5. The number of nitrogens with one attached hydrogen (secondary N) is 3. The Hall–Kier alpha value is -2.05. The lowest BCUT2D eigenvalue weighted by molar-refractivity contribution is 1.17. The van der Waals surface area contributed by atoms with E-state index in [1.807, 2.05) is 5.73 Å². The van der Waals surface area contributed by atoms with Crippen molar-refractivity contribution in [3.05, 3.63) is 20.8 Å². The van der Waals surface area contributed by atoms with Gasteiger partial charge in [-0.1, -0.05) is 0 Å². The minimum atomic E-state index is -0.505. The molecule has 0 atom stereocenters. The Morgan fingerprint density at radius 2 is 2.17 bits per heavy atom. The number of anilines is 1. The van der Waals surface area contributed by atoms with Crippen molar-refractivity contribution in [2.45, 2.75) is 0 Å². The van der Waals surface area contributed by atoms with Gasteiger partial charge in [-0.25, -0.2) is 4.79 Å². The van der Waals surface area contributed by atoms with Gasteiger partial charge < -0.3 is 5.73 Å². The normalized spacial score (nSPS) is 11.5. The largest absolute Gasteiger partial charge is 0.369 e. The Morgan fingerprint density at radius 3 is 2.92 bits per heavy atom. The molecule has 2 aromatic heterocycles. The zero-order valence-electron chi connectivity index (χ0n) is 6.76. The van der Waals surface area contributed by atoms with E-state index in [1.54, 1.807) is 0 Å². The highest BCUT2D eigenvalue weighted by atomic mass is 16.1. The van der Waals surface area contributed by atoms with Crippen LogP contribution in [-0.4, -0.2) is 19.9 Å². The molecule has 0 aromatic carbocycles. The molecule has 0 spiro atoms. The second-order valence-corrected chi connectivity index (χ2v) is 2.22. The minimum absolute atomic E-state index is 0.0206. The van der Waals surface area contributed by atoms with E-state index in [-0.39, 0.29) is 17.1 Å². The molecule has 0 amide bonds. The van der Waals surface area contributed by atoms with E-state index in [1.165, 1.54) is 0 Å². The van der Waals surface area contributed by atoms with Gasteiger partial charge in [-0.05, 0) is 0 Å². The number of rotatable bonds is 1. The SMILES string of the molecule is [2H]Nc1nc2[nH]c(=O)[nH]c2c(=O)[nH]1. The summed E-state index contributed by atoms with van der Waals surface area (Å²) in [6.45, 7) is 0. The Kier molecular flexibility index (Phi) is 0.916. The zero-order valence-corrected chi connectivity index (χ0v) is 5.76. The summed E-state index contributed by atoms with van der Waals surface area (Å²) in [7, 11) is 0. The number of nitrogens with two attached hydrogens (primary N) is 1. The maximum absolute atomic E-state index is 11.2. The molecule has 2 aromatic rings. The first-order chi connectivity index (χ1) is 6.20. The summed E-state index contributed by atoms with van der Waals surface area (Å²) in [5.74, 6) is -0.0206. The second-order valence-electron chi connectivity index (χ2n) is 2.22. The fraction of sp³-hybridized carbons (Fsp3) is 0. The fourth-order valence-electron chi connectivity index (χ4n) is 0.932. The van der Waals surface area contributed by atoms with Crippen molar-refractivity contribution < 1.29 is 1.41 Å². The van der Waals surface area contributed by atoms with Crippen LogP contribution in [0.4, 0.5) is 5.95 Å². The minimum Gasteiger partial charge on any atom is -0.369 e. The molecule has 12 heavy (non-hydrogen) atoms. The predicted octanol–water partition coefficient (Wildman–Crippen LogP) is -1.48. The first kappa shape index (κ1) is 5.58. The monoisotopic (exact) mass is 168 g/mol. The third-order valence-electron chi connectivity index (χ3n) is 1.39. The number of hydrogen-bond donors (Lipinski definition) is 4. The van der Waals surface area contributed by atoms with Gasteiger partial charge in [0.15, 0.2) is 12.6 Å². The third-order valence-corrected chi connectivity index (χ3v) is 1.39. The maximum Gasteiger partial charge on any atom is 0.325 e. The van der Waals surface area contributed by atoms with Crippen molar-refractivity contribution in [1.82, 2.24) is 19.9 Å². The molecule has 0 unspecified atom stereocenters. The van der Waals surface area contributed by atoms with Crippen LogP contribution in [0.1, 0.15) is 0 Å². The molecule has 7 nitrogen and oxygen atoms in total. The van der Waals surface area contributed by atoms with E-state index in [0.29, 0.717) is 0 Å². The highest BCUT2D eigenvalue weighted by Gasteiger charge is 2.03. The van der Waals surface area contributed by atoms with Gasteiger partial charge in [0.25, 0.3) is 5.56 Å². The molecule has 0 fully saturated rings. The van der Waals surface area contributed by atoms with Crippen molar-refractivity contribution in [2.75, 3.05) is 5.73 Å². The van der Waals surface area contributed by atoms with Crippen LogP contribution in [0.2, 0.25) is 1.41 Å². The molecule has 7 heteroatoms. The standard InChI is InChI=1S/C5H5N5O2/c6-4-8-2-1(3(11)10-4)7-5(12)9-2/h(H5,6,7,8,9,10,11,12)/i/hD. The molecule has 0 radical (unpaired) electrons. The average molecular weight is 168 g/mol. The lowest BCUT2D eigenvalue weighted by Gasteiger charge is -1.89. The molecule has 0 bridgehead atoms. The maximum atomic E-state index is 11.2. The van der Waals surface area contributed by atoms with Crippen LogP contribution in [0.5, 0.6) is 0 Å². The molecule has 2 heterocycles. The zero-order chi connectivity index (χ0) is 9.42. The van der Waals surface area contributed by atoms with Gasteiger partial charge in [0.05, 0.1) is 0 Å². The number of hydrogen-bond acceptors (Lipinski definition) is 4. The van der Waals surface area contributed by atoms with E-state index in [4.69, 9.17) is 1.41 Å². The fourth-order valence-corrected chi connectivity index (χ4v) is 0.932. The van der Waals surface area contributed by atoms with E-state index in [0.717, 1.165) is 0 Å². The van der Waals surface area contributed by atoms with Crippen LogP contribution >= 0.6 is 0 Å². The van der Waals surface area contributed by atoms with Crippen molar-refractivity contribution >= 4 is 17.1 Å². The molecular formula is C5H5N5O2. The Bertz CT molecular complexity index is 552. The third kappa shape index (κ3) is 0.797.